The van der Waals surface area contributed by atoms with Gasteiger partial charge in [0.15, 0.2) is 0 Å². The molecule has 0 bridgehead atoms. The summed E-state index contributed by atoms with van der Waals surface area (Å²) in [6.45, 7) is 1.82. The number of hydrogen-bond donors (Lipinski definition) is 0. The molecule has 4 aromatic carbocycles. The zero-order chi connectivity index (χ0) is 22.3. The van der Waals surface area contributed by atoms with Crippen LogP contribution < -0.4 is 4.48 Å². The summed E-state index contributed by atoms with van der Waals surface area (Å²) in [5.41, 5.74) is 4.69. The average molecular weight is 432 g/mol. The maximum atomic E-state index is 10.4. The lowest BCUT2D eigenvalue weighted by Crippen LogP contribution is -2.33. The van der Waals surface area contributed by atoms with Crippen LogP contribution in [0.15, 0.2) is 120 Å². The van der Waals surface area contributed by atoms with Crippen LogP contribution in [-0.2, 0) is 10.1 Å². The predicted molar refractivity (Wildman–Crippen MR) is 126 cm³/mol. The highest BCUT2D eigenvalue weighted by Gasteiger charge is 2.30. The van der Waals surface area contributed by atoms with Crippen molar-refractivity contribution >= 4 is 27.2 Å². The van der Waals surface area contributed by atoms with Gasteiger partial charge in [0.1, 0.15) is 27.2 Å². The first-order valence-electron chi connectivity index (χ1n) is 9.88. The minimum absolute atomic E-state index is 0.178. The Morgan fingerprint density at radius 1 is 0.581 bits per heavy atom. The van der Waals surface area contributed by atoms with Gasteiger partial charge in [-0.3, -0.25) is 0 Å². The monoisotopic (exact) mass is 431 g/mol. The summed E-state index contributed by atoms with van der Waals surface area (Å²) in [6.07, 6.45) is 0. The fraction of sp³-hybridized carbons (Fsp3) is 0.0769. The lowest BCUT2D eigenvalue weighted by Gasteiger charge is -2.33. The van der Waals surface area contributed by atoms with Crippen LogP contribution in [0.5, 0.6) is 0 Å². The molecule has 0 saturated carbocycles. The molecule has 158 valence electrons. The fourth-order valence-electron chi connectivity index (χ4n) is 3.33. The zero-order valence-electron chi connectivity index (χ0n) is 17.5. The Kier molecular flexibility index (Phi) is 7.02. The van der Waals surface area contributed by atoms with Crippen molar-refractivity contribution in [2.24, 2.45) is 0 Å². The van der Waals surface area contributed by atoms with E-state index >= 15 is 0 Å². The summed E-state index contributed by atoms with van der Waals surface area (Å²) in [4.78, 5) is -0.178. The Bertz CT molecular complexity index is 1100. The van der Waals surface area contributed by atoms with E-state index in [1.165, 1.54) is 29.2 Å². The van der Waals surface area contributed by atoms with Crippen LogP contribution in [0.3, 0.4) is 0 Å². The zero-order valence-corrected chi connectivity index (χ0v) is 18.4. The summed E-state index contributed by atoms with van der Waals surface area (Å²) < 4.78 is 31.8. The van der Waals surface area contributed by atoms with E-state index in [-0.39, 0.29) is 4.90 Å². The second kappa shape index (κ2) is 9.71. The lowest BCUT2D eigenvalue weighted by atomic mass is 10.1. The van der Waals surface area contributed by atoms with E-state index in [1.54, 1.807) is 12.1 Å². The Morgan fingerprint density at radius 3 is 1.19 bits per heavy atom. The molecule has 0 fully saturated rings. The molecular weight excluding hydrogens is 406 g/mol. The van der Waals surface area contributed by atoms with Crippen molar-refractivity contribution in [3.8, 4) is 0 Å². The molecule has 31 heavy (non-hydrogen) atoms. The summed E-state index contributed by atoms with van der Waals surface area (Å²) in [7, 11) is -2.03. The minimum atomic E-state index is -4.27. The van der Waals surface area contributed by atoms with E-state index in [0.717, 1.165) is 5.56 Å². The number of hydrogen-bond acceptors (Lipinski definition) is 3. The van der Waals surface area contributed by atoms with Crippen molar-refractivity contribution in [2.45, 2.75) is 11.8 Å². The van der Waals surface area contributed by atoms with E-state index in [9.17, 15) is 13.0 Å². The van der Waals surface area contributed by atoms with E-state index < -0.39 is 10.1 Å². The molecule has 0 spiro atoms. The maximum absolute atomic E-state index is 10.4. The highest BCUT2D eigenvalue weighted by Crippen LogP contribution is 2.41. The Labute approximate surface area is 184 Å². The summed E-state index contributed by atoms with van der Waals surface area (Å²) >= 11 is 0. The van der Waals surface area contributed by atoms with Crippen LogP contribution in [0.4, 0.5) is 17.1 Å². The van der Waals surface area contributed by atoms with Crippen molar-refractivity contribution in [1.29, 1.82) is 0 Å². The molecule has 4 nitrogen and oxygen atoms in total. The highest BCUT2D eigenvalue weighted by molar-refractivity contribution is 7.85. The van der Waals surface area contributed by atoms with Gasteiger partial charge in [-0.15, -0.1) is 0 Å². The molecule has 4 rings (SSSR count). The number of quaternary nitrogens is 1. The highest BCUT2D eigenvalue weighted by atomic mass is 32.2. The van der Waals surface area contributed by atoms with Crippen LogP contribution in [0.2, 0.25) is 0 Å². The van der Waals surface area contributed by atoms with Crippen molar-refractivity contribution in [3.05, 3.63) is 121 Å². The molecule has 0 N–H and O–H groups in total. The average Bonchev–Trinajstić information content (AvgIpc) is 2.80. The number of benzene rings is 4. The largest absolute Gasteiger partial charge is 0.744 e. The molecule has 5 heteroatoms. The van der Waals surface area contributed by atoms with Gasteiger partial charge in [-0.1, -0.05) is 72.3 Å². The molecule has 0 unspecified atom stereocenters. The smallest absolute Gasteiger partial charge is 0.142 e. The van der Waals surface area contributed by atoms with Crippen molar-refractivity contribution in [3.63, 3.8) is 0 Å². The molecule has 0 radical (unpaired) electrons. The van der Waals surface area contributed by atoms with E-state index in [0.29, 0.717) is 4.48 Å². The van der Waals surface area contributed by atoms with Gasteiger partial charge in [-0.05, 0) is 55.5 Å². The Hall–Kier alpha value is -3.25. The van der Waals surface area contributed by atoms with Crippen LogP contribution in [0.25, 0.3) is 0 Å². The summed E-state index contributed by atoms with van der Waals surface area (Å²) in [6, 6.07) is 37.6. The molecule has 0 aromatic heterocycles. The van der Waals surface area contributed by atoms with E-state index in [2.05, 4.69) is 98.0 Å². The molecule has 0 aliphatic rings. The molecule has 4 aromatic rings. The maximum Gasteiger partial charge on any atom is 0.142 e. The van der Waals surface area contributed by atoms with Gasteiger partial charge < -0.3 is 4.55 Å². The van der Waals surface area contributed by atoms with Gasteiger partial charge in [-0.2, -0.15) is 0 Å². The molecular formula is C26H25NO3S. The van der Waals surface area contributed by atoms with Gasteiger partial charge in [0.2, 0.25) is 0 Å². The van der Waals surface area contributed by atoms with Gasteiger partial charge in [-0.25, -0.2) is 12.9 Å². The summed E-state index contributed by atoms with van der Waals surface area (Å²) in [5, 5.41) is 0. The van der Waals surface area contributed by atoms with Crippen molar-refractivity contribution in [2.75, 3.05) is 7.05 Å². The third kappa shape index (κ3) is 5.47. The molecule has 0 aliphatic carbocycles. The quantitative estimate of drug-likeness (QED) is 0.286. The van der Waals surface area contributed by atoms with Crippen LogP contribution in [0, 0.1) is 6.92 Å². The molecule has 0 atom stereocenters. The lowest BCUT2D eigenvalue weighted by molar-refractivity contribution is 0.463. The molecule has 0 heterocycles. The normalized spacial score (nSPS) is 11.3. The number of rotatable bonds is 4. The van der Waals surface area contributed by atoms with Crippen molar-refractivity contribution in [1.82, 2.24) is 4.48 Å². The Morgan fingerprint density at radius 2 is 0.903 bits per heavy atom. The van der Waals surface area contributed by atoms with Gasteiger partial charge in [0.05, 0.1) is 11.9 Å². The number of nitrogens with zero attached hydrogens (tertiary/aromatic N) is 1. The van der Waals surface area contributed by atoms with Crippen LogP contribution >= 0.6 is 0 Å². The first-order valence-corrected chi connectivity index (χ1v) is 11.3. The summed E-state index contributed by atoms with van der Waals surface area (Å²) in [5.74, 6) is 0. The van der Waals surface area contributed by atoms with Gasteiger partial charge >= 0.3 is 0 Å². The fourth-order valence-corrected chi connectivity index (χ4v) is 3.80. The molecule has 0 aliphatic heterocycles. The first-order chi connectivity index (χ1) is 14.8. The van der Waals surface area contributed by atoms with Crippen molar-refractivity contribution < 1.29 is 13.0 Å². The SMILES string of the molecule is C[N+](c1ccccc1)(c1ccccc1)c1ccccc1.Cc1ccc(S(=O)(=O)[O-])cc1. The third-order valence-corrected chi connectivity index (χ3v) is 5.98. The third-order valence-electron chi connectivity index (χ3n) is 5.13. The van der Waals surface area contributed by atoms with Crippen LogP contribution in [0.1, 0.15) is 5.56 Å². The second-order valence-electron chi connectivity index (χ2n) is 7.28. The molecule has 0 amide bonds. The van der Waals surface area contributed by atoms with Crippen LogP contribution in [-0.4, -0.2) is 20.0 Å². The predicted octanol–water partition coefficient (Wildman–Crippen LogP) is 6.19. The van der Waals surface area contributed by atoms with Gasteiger partial charge in [0.25, 0.3) is 0 Å². The van der Waals surface area contributed by atoms with E-state index in [4.69, 9.17) is 0 Å². The standard InChI is InChI=1S/C19H18N.C7H8O3S/c1-20(17-11-5-2-6-12-17,18-13-7-3-8-14-18)19-15-9-4-10-16-19;1-6-2-4-7(5-3-6)11(8,9)10/h2-16H,1H3;2-5H,1H3,(H,8,9,10)/q+1;/p-1. The van der Waals surface area contributed by atoms with Gasteiger partial charge in [0, 0.05) is 0 Å². The molecule has 0 saturated heterocycles. The van der Waals surface area contributed by atoms with E-state index in [1.807, 2.05) is 6.92 Å². The Balaban J connectivity index is 0.000000210. The number of aryl methyl sites for hydroxylation is 1. The number of para-hydroxylation sites is 3. The minimum Gasteiger partial charge on any atom is -0.744 e. The topological polar surface area (TPSA) is 57.2 Å². The second-order valence-corrected chi connectivity index (χ2v) is 8.66. The first kappa shape index (κ1) is 22.4.